The molecular weight excluding hydrogens is 338 g/mol. The van der Waals surface area contributed by atoms with Gasteiger partial charge in [0.05, 0.1) is 16.9 Å². The number of carbonyl (C=O) groups is 1. The second kappa shape index (κ2) is 6.19. The average molecular weight is 351 g/mol. The van der Waals surface area contributed by atoms with E-state index in [1.807, 2.05) is 0 Å². The molecule has 1 N–H and O–H groups in total. The minimum Gasteiger partial charge on any atom is -0.320 e. The normalized spacial score (nSPS) is 11.7. The molecule has 130 valence electrons. The van der Waals surface area contributed by atoms with Crippen LogP contribution in [0.4, 0.5) is 23.2 Å². The van der Waals surface area contributed by atoms with E-state index in [4.69, 9.17) is 0 Å². The zero-order valence-electron chi connectivity index (χ0n) is 13.1. The summed E-state index contributed by atoms with van der Waals surface area (Å²) in [6.45, 7) is 1.75. The van der Waals surface area contributed by atoms with Gasteiger partial charge < -0.3 is 5.32 Å². The number of rotatable bonds is 3. The fourth-order valence-corrected chi connectivity index (χ4v) is 2.58. The summed E-state index contributed by atoms with van der Waals surface area (Å²) in [5.74, 6) is -1.37. The fourth-order valence-electron chi connectivity index (χ4n) is 2.58. The van der Waals surface area contributed by atoms with Crippen molar-refractivity contribution in [3.05, 3.63) is 65.4 Å². The van der Waals surface area contributed by atoms with E-state index in [9.17, 15) is 22.4 Å². The van der Waals surface area contributed by atoms with Crippen LogP contribution < -0.4 is 5.32 Å². The zero-order chi connectivity index (χ0) is 18.2. The number of hydrogen-bond donors (Lipinski definition) is 1. The Morgan fingerprint density at radius 3 is 2.60 bits per heavy atom. The summed E-state index contributed by atoms with van der Waals surface area (Å²) in [6.07, 6.45) is -3.16. The van der Waals surface area contributed by atoms with Crippen molar-refractivity contribution in [3.63, 3.8) is 0 Å². The molecule has 0 radical (unpaired) electrons. The molecule has 0 fully saturated rings. The predicted octanol–water partition coefficient (Wildman–Crippen LogP) is 4.31. The van der Waals surface area contributed by atoms with E-state index in [1.165, 1.54) is 28.7 Å². The van der Waals surface area contributed by atoms with Gasteiger partial charge in [-0.05, 0) is 30.7 Å². The van der Waals surface area contributed by atoms with Crippen LogP contribution in [-0.2, 0) is 12.6 Å². The third kappa shape index (κ3) is 3.19. The Balaban J connectivity index is 2.06. The number of imidazole rings is 1. The molecule has 0 aliphatic rings. The summed E-state index contributed by atoms with van der Waals surface area (Å²) in [6, 6.07) is 7.26. The number of halogens is 4. The highest BCUT2D eigenvalue weighted by Gasteiger charge is 2.34. The van der Waals surface area contributed by atoms with Crippen LogP contribution >= 0.6 is 0 Å². The molecule has 0 aliphatic carbocycles. The standard InChI is InChI=1S/C17H13F4N3O/c1-2-12-15(24-9-10(18)7-8-14(24)22-12)16(25)23-13-6-4-3-5-11(13)17(19,20)21/h3-9H,2H2,1H3,(H,23,25). The molecule has 0 unspecified atom stereocenters. The Bertz CT molecular complexity index is 947. The predicted molar refractivity (Wildman–Crippen MR) is 83.9 cm³/mol. The number of aromatic nitrogens is 2. The highest BCUT2D eigenvalue weighted by Crippen LogP contribution is 2.34. The Labute approximate surface area is 140 Å². The molecule has 3 rings (SSSR count). The summed E-state index contributed by atoms with van der Waals surface area (Å²) in [4.78, 5) is 16.8. The third-order valence-electron chi connectivity index (χ3n) is 3.69. The monoisotopic (exact) mass is 351 g/mol. The van der Waals surface area contributed by atoms with E-state index in [1.54, 1.807) is 6.92 Å². The number of alkyl halides is 3. The maximum Gasteiger partial charge on any atom is 0.418 e. The van der Waals surface area contributed by atoms with Gasteiger partial charge in [-0.2, -0.15) is 13.2 Å². The van der Waals surface area contributed by atoms with Crippen LogP contribution in [0.5, 0.6) is 0 Å². The van der Waals surface area contributed by atoms with Crippen molar-refractivity contribution in [2.75, 3.05) is 5.32 Å². The minimum atomic E-state index is -4.61. The maximum absolute atomic E-state index is 13.5. The quantitative estimate of drug-likeness (QED) is 0.715. The van der Waals surface area contributed by atoms with Gasteiger partial charge in [-0.25, -0.2) is 9.37 Å². The largest absolute Gasteiger partial charge is 0.418 e. The van der Waals surface area contributed by atoms with Crippen LogP contribution in [-0.4, -0.2) is 15.3 Å². The number of hydrogen-bond acceptors (Lipinski definition) is 2. The second-order valence-corrected chi connectivity index (χ2v) is 5.33. The van der Waals surface area contributed by atoms with Gasteiger partial charge in [-0.1, -0.05) is 19.1 Å². The summed E-state index contributed by atoms with van der Waals surface area (Å²) < 4.78 is 54.0. The van der Waals surface area contributed by atoms with Gasteiger partial charge in [0.15, 0.2) is 0 Å². The Morgan fingerprint density at radius 1 is 1.20 bits per heavy atom. The van der Waals surface area contributed by atoms with Crippen molar-refractivity contribution < 1.29 is 22.4 Å². The third-order valence-corrected chi connectivity index (χ3v) is 3.69. The number of aryl methyl sites for hydroxylation is 1. The van der Waals surface area contributed by atoms with Gasteiger partial charge in [-0.15, -0.1) is 0 Å². The fraction of sp³-hybridized carbons (Fsp3) is 0.176. The molecule has 1 aromatic carbocycles. The van der Waals surface area contributed by atoms with Crippen LogP contribution in [0.2, 0.25) is 0 Å². The van der Waals surface area contributed by atoms with E-state index in [2.05, 4.69) is 10.3 Å². The number of anilines is 1. The van der Waals surface area contributed by atoms with Crippen LogP contribution in [0.15, 0.2) is 42.6 Å². The lowest BCUT2D eigenvalue weighted by Gasteiger charge is -2.13. The van der Waals surface area contributed by atoms with Crippen LogP contribution in [0.3, 0.4) is 0 Å². The van der Waals surface area contributed by atoms with Crippen LogP contribution in [0.1, 0.15) is 28.7 Å². The lowest BCUT2D eigenvalue weighted by atomic mass is 10.1. The van der Waals surface area contributed by atoms with Gasteiger partial charge in [0.2, 0.25) is 0 Å². The molecular formula is C17H13F4N3O. The first-order valence-electron chi connectivity index (χ1n) is 7.45. The molecule has 0 saturated heterocycles. The van der Waals surface area contributed by atoms with Crippen molar-refractivity contribution in [3.8, 4) is 0 Å². The zero-order valence-corrected chi connectivity index (χ0v) is 13.1. The number of nitrogens with one attached hydrogen (secondary N) is 1. The van der Waals surface area contributed by atoms with Crippen molar-refractivity contribution in [2.45, 2.75) is 19.5 Å². The molecule has 1 amide bonds. The van der Waals surface area contributed by atoms with Gasteiger partial charge >= 0.3 is 6.18 Å². The van der Waals surface area contributed by atoms with Gasteiger partial charge in [-0.3, -0.25) is 9.20 Å². The molecule has 4 nitrogen and oxygen atoms in total. The Kier molecular flexibility index (Phi) is 4.20. The number of fused-ring (bicyclic) bond motifs is 1. The number of nitrogens with zero attached hydrogens (tertiary/aromatic N) is 2. The lowest BCUT2D eigenvalue weighted by molar-refractivity contribution is -0.136. The van der Waals surface area contributed by atoms with Crippen LogP contribution in [0.25, 0.3) is 5.65 Å². The highest BCUT2D eigenvalue weighted by molar-refractivity contribution is 6.05. The molecule has 2 heterocycles. The van der Waals surface area contributed by atoms with Crippen molar-refractivity contribution in [1.82, 2.24) is 9.38 Å². The summed E-state index contributed by atoms with van der Waals surface area (Å²) in [7, 11) is 0. The molecule has 25 heavy (non-hydrogen) atoms. The second-order valence-electron chi connectivity index (χ2n) is 5.33. The van der Waals surface area contributed by atoms with E-state index < -0.39 is 23.5 Å². The smallest absolute Gasteiger partial charge is 0.320 e. The van der Waals surface area contributed by atoms with E-state index in [-0.39, 0.29) is 11.4 Å². The van der Waals surface area contributed by atoms with Gasteiger partial charge in [0.25, 0.3) is 5.91 Å². The summed E-state index contributed by atoms with van der Waals surface area (Å²) >= 11 is 0. The first-order chi connectivity index (χ1) is 11.8. The maximum atomic E-state index is 13.5. The first-order valence-corrected chi connectivity index (χ1v) is 7.45. The van der Waals surface area contributed by atoms with E-state index in [0.717, 1.165) is 18.3 Å². The average Bonchev–Trinajstić information content (AvgIpc) is 2.92. The Hall–Kier alpha value is -2.90. The van der Waals surface area contributed by atoms with Crippen molar-refractivity contribution in [1.29, 1.82) is 0 Å². The number of amides is 1. The molecule has 2 aromatic heterocycles. The molecule has 0 spiro atoms. The van der Waals surface area contributed by atoms with Crippen molar-refractivity contribution >= 4 is 17.2 Å². The topological polar surface area (TPSA) is 46.4 Å². The molecule has 0 atom stereocenters. The van der Waals surface area contributed by atoms with Gasteiger partial charge in [0, 0.05) is 6.20 Å². The van der Waals surface area contributed by atoms with Crippen molar-refractivity contribution in [2.24, 2.45) is 0 Å². The molecule has 8 heteroatoms. The molecule has 3 aromatic rings. The highest BCUT2D eigenvalue weighted by atomic mass is 19.4. The lowest BCUT2D eigenvalue weighted by Crippen LogP contribution is -2.19. The summed E-state index contributed by atoms with van der Waals surface area (Å²) in [5, 5.41) is 2.26. The number of pyridine rings is 1. The summed E-state index contributed by atoms with van der Waals surface area (Å²) in [5.41, 5.74) is -0.608. The number of benzene rings is 1. The molecule has 0 bridgehead atoms. The molecule has 0 aliphatic heterocycles. The minimum absolute atomic E-state index is 0.00831. The Morgan fingerprint density at radius 2 is 1.92 bits per heavy atom. The van der Waals surface area contributed by atoms with Gasteiger partial charge in [0.1, 0.15) is 17.2 Å². The van der Waals surface area contributed by atoms with E-state index >= 15 is 0 Å². The number of carbonyl (C=O) groups excluding carboxylic acids is 1. The number of para-hydroxylation sites is 1. The SMILES string of the molecule is CCc1nc2ccc(F)cn2c1C(=O)Nc1ccccc1C(F)(F)F. The van der Waals surface area contributed by atoms with Crippen LogP contribution in [0, 0.1) is 5.82 Å². The molecule has 0 saturated carbocycles. The first kappa shape index (κ1) is 16.9. The van der Waals surface area contributed by atoms with E-state index in [0.29, 0.717) is 17.8 Å².